The Morgan fingerprint density at radius 2 is 1.14 bits per heavy atom. The minimum absolute atomic E-state index is 0.534. The van der Waals surface area contributed by atoms with Crippen molar-refractivity contribution in [3.05, 3.63) is 91.0 Å². The second-order valence-corrected chi connectivity index (χ2v) is 10.5. The number of ether oxygens (including phenoxy) is 1. The highest BCUT2D eigenvalue weighted by Crippen LogP contribution is 2.50. The molecule has 0 spiro atoms. The summed E-state index contributed by atoms with van der Waals surface area (Å²) in [5.41, 5.74) is 9.93. The molecule has 0 saturated heterocycles. The van der Waals surface area contributed by atoms with Crippen molar-refractivity contribution in [3.8, 4) is 28.0 Å². The Balaban J connectivity index is 1.70. The van der Waals surface area contributed by atoms with Gasteiger partial charge in [0.25, 0.3) is 0 Å². The van der Waals surface area contributed by atoms with Gasteiger partial charge in [0.2, 0.25) is 0 Å². The van der Waals surface area contributed by atoms with E-state index in [2.05, 4.69) is 128 Å². The van der Waals surface area contributed by atoms with Crippen molar-refractivity contribution in [2.45, 2.75) is 27.7 Å². The molecule has 1 aliphatic heterocycles. The Morgan fingerprint density at radius 3 is 1.75 bits per heavy atom. The van der Waals surface area contributed by atoms with E-state index >= 15 is 0 Å². The SMILES string of the molecule is COc1ccc(-c2ccc3c(c2)N(CC(C)C)c2ccccc2N3CC(C)C)c(-c2ccccc2)c1. The molecule has 0 radical (unpaired) electrons. The van der Waals surface area contributed by atoms with E-state index in [1.54, 1.807) is 7.11 Å². The molecule has 4 aromatic rings. The quantitative estimate of drug-likeness (QED) is 0.265. The topological polar surface area (TPSA) is 15.7 Å². The Labute approximate surface area is 216 Å². The summed E-state index contributed by atoms with van der Waals surface area (Å²) in [6.07, 6.45) is 0. The highest BCUT2D eigenvalue weighted by atomic mass is 16.5. The fourth-order valence-electron chi connectivity index (χ4n) is 5.20. The number of methoxy groups -OCH3 is 1. The molecule has 4 aromatic carbocycles. The minimum atomic E-state index is 0.534. The Bertz CT molecular complexity index is 1340. The van der Waals surface area contributed by atoms with E-state index < -0.39 is 0 Å². The molecule has 1 aliphatic rings. The average molecular weight is 477 g/mol. The zero-order valence-corrected chi connectivity index (χ0v) is 22.0. The number of benzene rings is 4. The second-order valence-electron chi connectivity index (χ2n) is 10.5. The third-order valence-corrected chi connectivity index (χ3v) is 6.74. The van der Waals surface area contributed by atoms with Gasteiger partial charge in [-0.25, -0.2) is 0 Å². The standard InChI is InChI=1S/C33H36N2O/c1-23(2)21-34-30-13-9-10-14-31(30)35(22-24(3)4)33-19-26(15-18-32(33)34)28-17-16-27(36-5)20-29(28)25-11-7-6-8-12-25/h6-20,23-24H,21-22H2,1-5H3. The third-order valence-electron chi connectivity index (χ3n) is 6.74. The molecule has 0 atom stereocenters. The highest BCUT2D eigenvalue weighted by Gasteiger charge is 2.29. The van der Waals surface area contributed by atoms with Gasteiger partial charge in [0.05, 0.1) is 29.9 Å². The van der Waals surface area contributed by atoms with E-state index in [9.17, 15) is 0 Å². The van der Waals surface area contributed by atoms with Crippen molar-refractivity contribution in [1.82, 2.24) is 0 Å². The van der Waals surface area contributed by atoms with Crippen LogP contribution in [0.1, 0.15) is 27.7 Å². The van der Waals surface area contributed by atoms with Crippen molar-refractivity contribution >= 4 is 22.7 Å². The van der Waals surface area contributed by atoms with Crippen LogP contribution < -0.4 is 14.5 Å². The molecule has 3 heteroatoms. The monoisotopic (exact) mass is 476 g/mol. The normalized spacial score (nSPS) is 12.6. The number of hydrogen-bond acceptors (Lipinski definition) is 3. The molecule has 1 heterocycles. The predicted molar refractivity (Wildman–Crippen MR) is 154 cm³/mol. The van der Waals surface area contributed by atoms with E-state index in [4.69, 9.17) is 4.74 Å². The maximum atomic E-state index is 5.59. The molecule has 184 valence electrons. The van der Waals surface area contributed by atoms with Gasteiger partial charge in [0, 0.05) is 13.1 Å². The fourth-order valence-corrected chi connectivity index (χ4v) is 5.20. The molecule has 0 amide bonds. The van der Waals surface area contributed by atoms with Gasteiger partial charge in [-0.2, -0.15) is 0 Å². The molecule has 0 aromatic heterocycles. The van der Waals surface area contributed by atoms with Crippen LogP contribution in [-0.4, -0.2) is 20.2 Å². The number of fused-ring (bicyclic) bond motifs is 2. The van der Waals surface area contributed by atoms with Gasteiger partial charge in [-0.1, -0.05) is 82.3 Å². The van der Waals surface area contributed by atoms with Crippen LogP contribution in [-0.2, 0) is 0 Å². The first kappa shape index (κ1) is 24.0. The smallest absolute Gasteiger partial charge is 0.119 e. The molecule has 0 N–H and O–H groups in total. The van der Waals surface area contributed by atoms with E-state index in [-0.39, 0.29) is 0 Å². The maximum absolute atomic E-state index is 5.59. The summed E-state index contributed by atoms with van der Waals surface area (Å²) in [6.45, 7) is 11.1. The number of para-hydroxylation sites is 2. The fraction of sp³-hybridized carbons (Fsp3) is 0.273. The van der Waals surface area contributed by atoms with Crippen LogP contribution in [0.15, 0.2) is 91.0 Å². The first-order valence-electron chi connectivity index (χ1n) is 13.0. The van der Waals surface area contributed by atoms with Crippen molar-refractivity contribution in [1.29, 1.82) is 0 Å². The van der Waals surface area contributed by atoms with E-state index in [1.165, 1.54) is 45.0 Å². The van der Waals surface area contributed by atoms with Crippen molar-refractivity contribution in [2.24, 2.45) is 11.8 Å². The third kappa shape index (κ3) is 4.58. The first-order chi connectivity index (χ1) is 17.5. The van der Waals surface area contributed by atoms with Crippen LogP contribution in [0, 0.1) is 11.8 Å². The van der Waals surface area contributed by atoms with Gasteiger partial charge in [0.15, 0.2) is 0 Å². The lowest BCUT2D eigenvalue weighted by molar-refractivity contribution is 0.415. The zero-order chi connectivity index (χ0) is 25.2. The Kier molecular flexibility index (Phi) is 6.73. The predicted octanol–water partition coefficient (Wildman–Crippen LogP) is 8.93. The van der Waals surface area contributed by atoms with Gasteiger partial charge < -0.3 is 14.5 Å². The summed E-state index contributed by atoms with van der Waals surface area (Å²) in [7, 11) is 1.73. The van der Waals surface area contributed by atoms with Crippen LogP contribution >= 0.6 is 0 Å². The Hall–Kier alpha value is -3.72. The van der Waals surface area contributed by atoms with Crippen molar-refractivity contribution < 1.29 is 4.74 Å². The van der Waals surface area contributed by atoms with Gasteiger partial charge in [-0.15, -0.1) is 0 Å². The van der Waals surface area contributed by atoms with Crippen molar-refractivity contribution in [3.63, 3.8) is 0 Å². The van der Waals surface area contributed by atoms with E-state index in [0.29, 0.717) is 11.8 Å². The molecule has 36 heavy (non-hydrogen) atoms. The average Bonchev–Trinajstić information content (AvgIpc) is 2.90. The molecule has 0 bridgehead atoms. The van der Waals surface area contributed by atoms with Crippen molar-refractivity contribution in [2.75, 3.05) is 30.0 Å². The molecule has 0 unspecified atom stereocenters. The highest BCUT2D eigenvalue weighted by molar-refractivity contribution is 5.96. The lowest BCUT2D eigenvalue weighted by Gasteiger charge is -2.42. The minimum Gasteiger partial charge on any atom is -0.497 e. The van der Waals surface area contributed by atoms with Crippen LogP contribution in [0.25, 0.3) is 22.3 Å². The molecule has 0 saturated carbocycles. The number of rotatable bonds is 7. The molecule has 3 nitrogen and oxygen atoms in total. The van der Waals surface area contributed by atoms with Crippen LogP contribution in [0.2, 0.25) is 0 Å². The summed E-state index contributed by atoms with van der Waals surface area (Å²) < 4.78 is 5.59. The largest absolute Gasteiger partial charge is 0.497 e. The summed E-state index contributed by atoms with van der Waals surface area (Å²) in [5.74, 6) is 1.95. The summed E-state index contributed by atoms with van der Waals surface area (Å²) in [5, 5.41) is 0. The maximum Gasteiger partial charge on any atom is 0.119 e. The number of anilines is 4. The van der Waals surface area contributed by atoms with Gasteiger partial charge in [-0.3, -0.25) is 0 Å². The molecule has 0 aliphatic carbocycles. The number of nitrogens with zero attached hydrogens (tertiary/aromatic N) is 2. The molecular weight excluding hydrogens is 440 g/mol. The zero-order valence-electron chi connectivity index (χ0n) is 22.0. The number of hydrogen-bond donors (Lipinski definition) is 0. The van der Waals surface area contributed by atoms with Crippen LogP contribution in [0.5, 0.6) is 5.75 Å². The van der Waals surface area contributed by atoms with Crippen LogP contribution in [0.4, 0.5) is 22.7 Å². The molecular formula is C33H36N2O. The van der Waals surface area contributed by atoms with E-state index in [0.717, 1.165) is 18.8 Å². The van der Waals surface area contributed by atoms with Gasteiger partial charge >= 0.3 is 0 Å². The van der Waals surface area contributed by atoms with E-state index in [1.807, 2.05) is 0 Å². The first-order valence-corrected chi connectivity index (χ1v) is 13.0. The van der Waals surface area contributed by atoms with Gasteiger partial charge in [0.1, 0.15) is 5.75 Å². The second kappa shape index (κ2) is 10.1. The summed E-state index contributed by atoms with van der Waals surface area (Å²) in [6, 6.07) is 32.8. The van der Waals surface area contributed by atoms with Crippen LogP contribution in [0.3, 0.4) is 0 Å². The Morgan fingerprint density at radius 1 is 0.556 bits per heavy atom. The molecule has 0 fully saturated rings. The summed E-state index contributed by atoms with van der Waals surface area (Å²) in [4.78, 5) is 5.02. The lowest BCUT2D eigenvalue weighted by atomic mass is 9.92. The molecule has 5 rings (SSSR count). The lowest BCUT2D eigenvalue weighted by Crippen LogP contribution is -2.33. The summed E-state index contributed by atoms with van der Waals surface area (Å²) >= 11 is 0. The van der Waals surface area contributed by atoms with Gasteiger partial charge in [-0.05, 0) is 70.5 Å².